The van der Waals surface area contributed by atoms with Crippen molar-refractivity contribution in [3.63, 3.8) is 0 Å². The fourth-order valence-corrected chi connectivity index (χ4v) is 2.20. The van der Waals surface area contributed by atoms with Crippen LogP contribution in [0.25, 0.3) is 0 Å². The summed E-state index contributed by atoms with van der Waals surface area (Å²) in [6.45, 7) is 9.92. The van der Waals surface area contributed by atoms with Crippen molar-refractivity contribution in [3.05, 3.63) is 11.7 Å². The molecule has 2 heterocycles. The summed E-state index contributed by atoms with van der Waals surface area (Å²) in [5.74, 6) is 2.06. The van der Waals surface area contributed by atoms with Crippen molar-refractivity contribution in [2.45, 2.75) is 58.9 Å². The lowest BCUT2D eigenvalue weighted by molar-refractivity contribution is 0.336. The average Bonchev–Trinajstić information content (AvgIpc) is 2.81. The maximum Gasteiger partial charge on any atom is 0.231 e. The quantitative estimate of drug-likeness (QED) is 0.877. The van der Waals surface area contributed by atoms with E-state index in [0.717, 1.165) is 37.5 Å². The predicted molar refractivity (Wildman–Crippen MR) is 66.9 cm³/mol. The topological polar surface area (TPSA) is 51.0 Å². The summed E-state index contributed by atoms with van der Waals surface area (Å²) >= 11 is 0. The van der Waals surface area contributed by atoms with E-state index in [1.54, 1.807) is 0 Å². The Balaban J connectivity index is 1.96. The Hall–Kier alpha value is -0.900. The molecule has 4 nitrogen and oxygen atoms in total. The number of hydrogen-bond acceptors (Lipinski definition) is 4. The maximum atomic E-state index is 5.38. The summed E-state index contributed by atoms with van der Waals surface area (Å²) in [4.78, 5) is 4.53. The molecule has 1 aliphatic heterocycles. The van der Waals surface area contributed by atoms with Crippen molar-refractivity contribution in [2.75, 3.05) is 6.54 Å². The molecule has 0 radical (unpaired) electrons. The van der Waals surface area contributed by atoms with Gasteiger partial charge in [0.05, 0.1) is 5.92 Å². The molecule has 1 aromatic rings. The fourth-order valence-electron chi connectivity index (χ4n) is 2.20. The molecule has 1 fully saturated rings. The van der Waals surface area contributed by atoms with E-state index in [-0.39, 0.29) is 0 Å². The first-order chi connectivity index (χ1) is 7.96. The first kappa shape index (κ1) is 12.6. The molecule has 0 aliphatic carbocycles. The summed E-state index contributed by atoms with van der Waals surface area (Å²) < 4.78 is 5.38. The minimum atomic E-state index is 0.322. The molecule has 1 aliphatic rings. The highest BCUT2D eigenvalue weighted by atomic mass is 16.5. The van der Waals surface area contributed by atoms with Gasteiger partial charge in [0.1, 0.15) is 0 Å². The van der Waals surface area contributed by atoms with E-state index < -0.39 is 0 Å². The molecule has 0 saturated carbocycles. The van der Waals surface area contributed by atoms with Gasteiger partial charge in [-0.15, -0.1) is 0 Å². The van der Waals surface area contributed by atoms with Crippen LogP contribution in [0, 0.1) is 5.41 Å². The lowest BCUT2D eigenvalue weighted by Gasteiger charge is -2.15. The molecule has 2 atom stereocenters. The molecule has 96 valence electrons. The molecule has 0 spiro atoms. The van der Waals surface area contributed by atoms with Gasteiger partial charge >= 0.3 is 0 Å². The Bertz CT molecular complexity index is 367. The Kier molecular flexibility index (Phi) is 3.52. The van der Waals surface area contributed by atoms with Gasteiger partial charge in [-0.1, -0.05) is 25.9 Å². The van der Waals surface area contributed by atoms with Crippen LogP contribution in [0.15, 0.2) is 4.52 Å². The highest BCUT2D eigenvalue weighted by Gasteiger charge is 2.29. The number of aromatic nitrogens is 2. The molecule has 0 bridgehead atoms. The predicted octanol–water partition coefficient (Wildman–Crippen LogP) is 2.51. The van der Waals surface area contributed by atoms with Crippen LogP contribution in [0.4, 0.5) is 0 Å². The van der Waals surface area contributed by atoms with Gasteiger partial charge in [-0.25, -0.2) is 0 Å². The molecular weight excluding hydrogens is 214 g/mol. The normalized spacial score (nSPS) is 25.4. The van der Waals surface area contributed by atoms with Crippen LogP contribution < -0.4 is 5.32 Å². The lowest BCUT2D eigenvalue weighted by Crippen LogP contribution is -2.21. The molecule has 17 heavy (non-hydrogen) atoms. The average molecular weight is 237 g/mol. The van der Waals surface area contributed by atoms with Gasteiger partial charge in [-0.05, 0) is 31.7 Å². The summed E-state index contributed by atoms with van der Waals surface area (Å²) in [7, 11) is 0. The smallest absolute Gasteiger partial charge is 0.231 e. The number of hydrogen-bond donors (Lipinski definition) is 1. The van der Waals surface area contributed by atoms with Crippen LogP contribution in [0.3, 0.4) is 0 Å². The zero-order chi connectivity index (χ0) is 12.5. The van der Waals surface area contributed by atoms with Crippen LogP contribution in [0.2, 0.25) is 0 Å². The van der Waals surface area contributed by atoms with Gasteiger partial charge in [0.15, 0.2) is 5.82 Å². The summed E-state index contributed by atoms with van der Waals surface area (Å²) in [5, 5.41) is 7.49. The molecule has 0 amide bonds. The first-order valence-electron chi connectivity index (χ1n) is 6.51. The molecule has 0 aromatic carbocycles. The summed E-state index contributed by atoms with van der Waals surface area (Å²) in [5.41, 5.74) is 0.322. The highest BCUT2D eigenvalue weighted by Crippen LogP contribution is 2.27. The van der Waals surface area contributed by atoms with E-state index in [1.807, 2.05) is 0 Å². The van der Waals surface area contributed by atoms with E-state index in [9.17, 15) is 0 Å². The Morgan fingerprint density at radius 2 is 2.18 bits per heavy atom. The highest BCUT2D eigenvalue weighted by molar-refractivity contribution is 5.02. The van der Waals surface area contributed by atoms with E-state index in [1.165, 1.54) is 0 Å². The van der Waals surface area contributed by atoms with Gasteiger partial charge in [0.2, 0.25) is 5.89 Å². The standard InChI is InChI=1S/C13H23N3O/c1-9-10(6-8-14-9)12-15-11(16-17-12)5-7-13(2,3)4/h9-10,14H,5-8H2,1-4H3. The number of rotatable bonds is 3. The van der Waals surface area contributed by atoms with E-state index >= 15 is 0 Å². The minimum Gasteiger partial charge on any atom is -0.339 e. The Morgan fingerprint density at radius 3 is 2.76 bits per heavy atom. The van der Waals surface area contributed by atoms with Crippen molar-refractivity contribution in [1.29, 1.82) is 0 Å². The van der Waals surface area contributed by atoms with Crippen molar-refractivity contribution < 1.29 is 4.52 Å². The van der Waals surface area contributed by atoms with Crippen LogP contribution in [-0.2, 0) is 6.42 Å². The Morgan fingerprint density at radius 1 is 1.41 bits per heavy atom. The number of nitrogens with one attached hydrogen (secondary N) is 1. The van der Waals surface area contributed by atoms with Crippen molar-refractivity contribution in [2.24, 2.45) is 5.41 Å². The van der Waals surface area contributed by atoms with Gasteiger partial charge < -0.3 is 9.84 Å². The van der Waals surface area contributed by atoms with Crippen molar-refractivity contribution in [3.8, 4) is 0 Å². The second kappa shape index (κ2) is 4.77. The van der Waals surface area contributed by atoms with Gasteiger partial charge in [-0.2, -0.15) is 4.98 Å². The van der Waals surface area contributed by atoms with Crippen LogP contribution >= 0.6 is 0 Å². The van der Waals surface area contributed by atoms with E-state index in [4.69, 9.17) is 4.52 Å². The molecule has 2 unspecified atom stereocenters. The molecule has 1 N–H and O–H groups in total. The third-order valence-corrected chi connectivity index (χ3v) is 3.42. The zero-order valence-electron chi connectivity index (χ0n) is 11.3. The molecule has 2 rings (SSSR count). The second-order valence-electron chi connectivity index (χ2n) is 6.25. The molecule has 1 aromatic heterocycles. The van der Waals surface area contributed by atoms with Gasteiger partial charge in [0.25, 0.3) is 0 Å². The summed E-state index contributed by atoms with van der Waals surface area (Å²) in [6.07, 6.45) is 3.09. The second-order valence-corrected chi connectivity index (χ2v) is 6.25. The van der Waals surface area contributed by atoms with Gasteiger partial charge in [-0.3, -0.25) is 0 Å². The van der Waals surface area contributed by atoms with Crippen molar-refractivity contribution >= 4 is 0 Å². The molecular formula is C13H23N3O. The molecule has 4 heteroatoms. The monoisotopic (exact) mass is 237 g/mol. The third-order valence-electron chi connectivity index (χ3n) is 3.42. The fraction of sp³-hybridized carbons (Fsp3) is 0.846. The first-order valence-corrected chi connectivity index (χ1v) is 6.51. The maximum absolute atomic E-state index is 5.38. The number of nitrogens with zero attached hydrogens (tertiary/aromatic N) is 2. The van der Waals surface area contributed by atoms with Crippen LogP contribution in [-0.4, -0.2) is 22.7 Å². The molecule has 1 saturated heterocycles. The van der Waals surface area contributed by atoms with E-state index in [2.05, 4.69) is 43.2 Å². The largest absolute Gasteiger partial charge is 0.339 e. The minimum absolute atomic E-state index is 0.322. The van der Waals surface area contributed by atoms with Crippen LogP contribution in [0.5, 0.6) is 0 Å². The van der Waals surface area contributed by atoms with Crippen LogP contribution in [0.1, 0.15) is 58.2 Å². The van der Waals surface area contributed by atoms with E-state index in [0.29, 0.717) is 17.4 Å². The number of aryl methyl sites for hydroxylation is 1. The summed E-state index contributed by atoms with van der Waals surface area (Å²) in [6, 6.07) is 0.450. The van der Waals surface area contributed by atoms with Gasteiger partial charge in [0, 0.05) is 12.5 Å². The zero-order valence-corrected chi connectivity index (χ0v) is 11.3. The van der Waals surface area contributed by atoms with Crippen molar-refractivity contribution in [1.82, 2.24) is 15.5 Å². The lowest BCUT2D eigenvalue weighted by atomic mass is 9.90. The SMILES string of the molecule is CC1NCCC1c1nc(CCC(C)(C)C)no1. The Labute approximate surface area is 103 Å². The third kappa shape index (κ3) is 3.28.